The summed E-state index contributed by atoms with van der Waals surface area (Å²) in [6.45, 7) is 0.538. The maximum Gasteiger partial charge on any atom is 0.190 e. The van der Waals surface area contributed by atoms with Crippen LogP contribution < -0.4 is 0 Å². The Morgan fingerprint density at radius 1 is 1.05 bits per heavy atom. The lowest BCUT2D eigenvalue weighted by Crippen LogP contribution is -2.04. The molecule has 4 nitrogen and oxygen atoms in total. The maximum atomic E-state index is 9.21. The van der Waals surface area contributed by atoms with Crippen molar-refractivity contribution in [3.63, 3.8) is 0 Å². The van der Waals surface area contributed by atoms with Crippen molar-refractivity contribution in [1.82, 2.24) is 15.0 Å². The van der Waals surface area contributed by atoms with Crippen LogP contribution in [0, 0.1) is 11.3 Å². The molecule has 0 aliphatic rings. The minimum absolute atomic E-state index is 0.329. The normalized spacial score (nSPS) is 10.3. The molecule has 0 atom stereocenters. The van der Waals surface area contributed by atoms with Crippen LogP contribution in [0.15, 0.2) is 54.6 Å². The van der Waals surface area contributed by atoms with Crippen molar-refractivity contribution in [3.05, 3.63) is 70.9 Å². The van der Waals surface area contributed by atoms with Crippen molar-refractivity contribution >= 4 is 11.6 Å². The molecule has 1 aromatic heterocycles. The van der Waals surface area contributed by atoms with E-state index in [0.717, 1.165) is 16.8 Å². The third-order valence-corrected chi connectivity index (χ3v) is 3.39. The van der Waals surface area contributed by atoms with Crippen molar-refractivity contribution in [3.8, 4) is 17.3 Å². The quantitative estimate of drug-likeness (QED) is 0.742. The zero-order valence-electron chi connectivity index (χ0n) is 11.1. The van der Waals surface area contributed by atoms with Gasteiger partial charge < -0.3 is 0 Å². The summed E-state index contributed by atoms with van der Waals surface area (Å²) in [6.07, 6.45) is 0. The van der Waals surface area contributed by atoms with E-state index >= 15 is 0 Å². The molecule has 21 heavy (non-hydrogen) atoms. The van der Waals surface area contributed by atoms with E-state index in [2.05, 4.69) is 16.4 Å². The van der Waals surface area contributed by atoms with E-state index < -0.39 is 0 Å². The van der Waals surface area contributed by atoms with Gasteiger partial charge in [0, 0.05) is 10.6 Å². The van der Waals surface area contributed by atoms with E-state index in [1.165, 1.54) is 0 Å². The van der Waals surface area contributed by atoms with E-state index in [-0.39, 0.29) is 0 Å². The summed E-state index contributed by atoms with van der Waals surface area (Å²) in [6, 6.07) is 19.3. The first-order chi connectivity index (χ1) is 10.3. The number of benzene rings is 2. The Kier molecular flexibility index (Phi) is 3.67. The number of nitriles is 1. The molecule has 3 rings (SSSR count). The second-order valence-corrected chi connectivity index (χ2v) is 4.99. The predicted octanol–water partition coefficient (Wildman–Crippen LogP) is 3.52. The van der Waals surface area contributed by atoms with E-state index in [9.17, 15) is 5.26 Å². The van der Waals surface area contributed by atoms with Crippen molar-refractivity contribution in [1.29, 1.82) is 5.26 Å². The van der Waals surface area contributed by atoms with Crippen molar-refractivity contribution in [2.45, 2.75) is 6.54 Å². The summed E-state index contributed by atoms with van der Waals surface area (Å²) >= 11 is 5.89. The van der Waals surface area contributed by atoms with E-state index in [4.69, 9.17) is 11.6 Å². The second-order valence-electron chi connectivity index (χ2n) is 4.55. The smallest absolute Gasteiger partial charge is 0.190 e. The van der Waals surface area contributed by atoms with Crippen LogP contribution in [0.4, 0.5) is 0 Å². The van der Waals surface area contributed by atoms with E-state index in [1.807, 2.05) is 54.6 Å². The molecule has 0 aliphatic heterocycles. The first-order valence-electron chi connectivity index (χ1n) is 6.41. The number of hydrogen-bond donors (Lipinski definition) is 0. The van der Waals surface area contributed by atoms with Gasteiger partial charge in [0.05, 0.1) is 6.54 Å². The van der Waals surface area contributed by atoms with Gasteiger partial charge in [-0.1, -0.05) is 59.3 Å². The topological polar surface area (TPSA) is 54.5 Å². The molecule has 0 spiro atoms. The maximum absolute atomic E-state index is 9.21. The zero-order chi connectivity index (χ0) is 14.7. The molecule has 0 aliphatic carbocycles. The van der Waals surface area contributed by atoms with Gasteiger partial charge in [0.25, 0.3) is 0 Å². The Hall–Kier alpha value is -2.64. The summed E-state index contributed by atoms with van der Waals surface area (Å²) in [4.78, 5) is 0. The number of rotatable bonds is 3. The van der Waals surface area contributed by atoms with Crippen molar-refractivity contribution < 1.29 is 0 Å². The number of halogens is 1. The van der Waals surface area contributed by atoms with Gasteiger partial charge in [-0.2, -0.15) is 5.26 Å². The van der Waals surface area contributed by atoms with Gasteiger partial charge in [-0.3, -0.25) is 0 Å². The highest BCUT2D eigenvalue weighted by molar-refractivity contribution is 6.30. The first-order valence-corrected chi connectivity index (χ1v) is 6.79. The average Bonchev–Trinajstić information content (AvgIpc) is 2.93. The van der Waals surface area contributed by atoms with Gasteiger partial charge in [0.1, 0.15) is 11.8 Å². The fraction of sp³-hybridized carbons (Fsp3) is 0.0625. The average molecular weight is 295 g/mol. The van der Waals surface area contributed by atoms with Crippen LogP contribution in [-0.2, 0) is 6.54 Å². The van der Waals surface area contributed by atoms with Gasteiger partial charge in [0.15, 0.2) is 5.69 Å². The third-order valence-electron chi connectivity index (χ3n) is 3.13. The van der Waals surface area contributed by atoms with Crippen LogP contribution >= 0.6 is 11.6 Å². The molecule has 0 radical (unpaired) electrons. The molecule has 1 heterocycles. The summed E-state index contributed by atoms with van der Waals surface area (Å²) in [7, 11) is 0. The lowest BCUT2D eigenvalue weighted by molar-refractivity contribution is 0.655. The summed E-state index contributed by atoms with van der Waals surface area (Å²) in [5, 5.41) is 17.9. The second kappa shape index (κ2) is 5.78. The van der Waals surface area contributed by atoms with Crippen molar-refractivity contribution in [2.75, 3.05) is 0 Å². The van der Waals surface area contributed by atoms with Crippen LogP contribution in [0.2, 0.25) is 5.02 Å². The lowest BCUT2D eigenvalue weighted by Gasteiger charge is -2.07. The fourth-order valence-corrected chi connectivity index (χ4v) is 2.27. The summed E-state index contributed by atoms with van der Waals surface area (Å²) < 4.78 is 1.73. The highest BCUT2D eigenvalue weighted by Gasteiger charge is 2.14. The highest BCUT2D eigenvalue weighted by Crippen LogP contribution is 2.22. The van der Waals surface area contributed by atoms with Crippen molar-refractivity contribution in [2.24, 2.45) is 0 Å². The molecular weight excluding hydrogens is 284 g/mol. The lowest BCUT2D eigenvalue weighted by atomic mass is 10.1. The molecular formula is C16H11ClN4. The number of hydrogen-bond acceptors (Lipinski definition) is 3. The fourth-order valence-electron chi connectivity index (χ4n) is 2.14. The van der Waals surface area contributed by atoms with Crippen LogP contribution in [-0.4, -0.2) is 15.0 Å². The SMILES string of the molecule is N#Cc1nnn(Cc2ccc(Cl)cc2)c1-c1ccccc1. The minimum atomic E-state index is 0.329. The number of aromatic nitrogens is 3. The Balaban J connectivity index is 2.02. The molecule has 0 unspecified atom stereocenters. The standard InChI is InChI=1S/C16H11ClN4/c17-14-8-6-12(7-9-14)11-21-16(15(10-18)19-20-21)13-4-2-1-3-5-13/h1-9H,11H2. The first kappa shape index (κ1) is 13.3. The molecule has 2 aromatic carbocycles. The molecule has 0 saturated carbocycles. The molecule has 0 amide bonds. The summed E-state index contributed by atoms with van der Waals surface area (Å²) in [5.74, 6) is 0. The Labute approximate surface area is 127 Å². The molecule has 0 bridgehead atoms. The minimum Gasteiger partial charge on any atom is -0.239 e. The Morgan fingerprint density at radius 2 is 1.76 bits per heavy atom. The van der Waals surface area contributed by atoms with Gasteiger partial charge in [-0.15, -0.1) is 5.10 Å². The van der Waals surface area contributed by atoms with Gasteiger partial charge in [-0.25, -0.2) is 4.68 Å². The predicted molar refractivity (Wildman–Crippen MR) is 80.7 cm³/mol. The van der Waals surface area contributed by atoms with E-state index in [1.54, 1.807) is 4.68 Å². The molecule has 0 saturated heterocycles. The zero-order valence-corrected chi connectivity index (χ0v) is 11.8. The monoisotopic (exact) mass is 294 g/mol. The van der Waals surface area contributed by atoms with Crippen LogP contribution in [0.5, 0.6) is 0 Å². The largest absolute Gasteiger partial charge is 0.239 e. The Bertz CT molecular complexity index is 785. The Morgan fingerprint density at radius 3 is 2.43 bits per heavy atom. The van der Waals surface area contributed by atoms with Gasteiger partial charge in [-0.05, 0) is 17.7 Å². The number of nitrogens with zero attached hydrogens (tertiary/aromatic N) is 4. The molecule has 0 fully saturated rings. The molecule has 5 heteroatoms. The van der Waals surface area contributed by atoms with Gasteiger partial charge >= 0.3 is 0 Å². The highest BCUT2D eigenvalue weighted by atomic mass is 35.5. The third kappa shape index (κ3) is 2.78. The molecule has 102 valence electrons. The van der Waals surface area contributed by atoms with Gasteiger partial charge in [0.2, 0.25) is 0 Å². The molecule has 0 N–H and O–H groups in total. The van der Waals surface area contributed by atoms with Crippen LogP contribution in [0.3, 0.4) is 0 Å². The molecule has 3 aromatic rings. The van der Waals surface area contributed by atoms with E-state index in [0.29, 0.717) is 17.3 Å². The summed E-state index contributed by atoms with van der Waals surface area (Å²) in [5.41, 5.74) is 3.03. The van der Waals surface area contributed by atoms with Crippen LogP contribution in [0.1, 0.15) is 11.3 Å². The van der Waals surface area contributed by atoms with Crippen LogP contribution in [0.25, 0.3) is 11.3 Å².